The lowest BCUT2D eigenvalue weighted by atomic mass is 10.1. The normalized spacial score (nSPS) is 11.7. The summed E-state index contributed by atoms with van der Waals surface area (Å²) < 4.78 is 23.1. The number of rotatable bonds is 44. The summed E-state index contributed by atoms with van der Waals surface area (Å²) in [5.74, 6) is -0.225. The molecule has 2 N–H and O–H groups in total. The Kier molecular flexibility index (Phi) is 43.7. The molecule has 0 atom stereocenters. The van der Waals surface area contributed by atoms with Crippen LogP contribution in [0.1, 0.15) is 201 Å². The van der Waals surface area contributed by atoms with Crippen LogP contribution in [0.25, 0.3) is 0 Å². The summed E-state index contributed by atoms with van der Waals surface area (Å²) >= 11 is 0. The molecule has 2 amide bonds. The van der Waals surface area contributed by atoms with Crippen molar-refractivity contribution in [3.05, 3.63) is 24.3 Å². The maximum Gasteiger partial charge on any atom is 0.314 e. The minimum atomic E-state index is -0.368. The second-order valence-corrected chi connectivity index (χ2v) is 15.7. The lowest BCUT2D eigenvalue weighted by molar-refractivity contribution is -0.159. The number of carbonyl (C=O) groups is 3. The van der Waals surface area contributed by atoms with Gasteiger partial charge in [-0.1, -0.05) is 116 Å². The third-order valence-electron chi connectivity index (χ3n) is 10.2. The van der Waals surface area contributed by atoms with Crippen molar-refractivity contribution in [3.63, 3.8) is 0 Å². The Balaban J connectivity index is 4.31. The van der Waals surface area contributed by atoms with Gasteiger partial charge in [0.05, 0.1) is 19.6 Å². The highest BCUT2D eigenvalue weighted by molar-refractivity contribution is 5.73. The standard InChI is InChI=1S/C48H91N3O7/c1-5-8-11-14-17-24-29-41-55-45(52)34-26-19-18-20-27-38-51(40-33-37-50-48(54)49-4)39-28-21-25-30-42-56-46(53)35-36-47(57-43-31-22-15-12-9-6-2)58-44-32-23-16-13-10-7-3/h9-10,12-13,47H,5-8,11,14-44H2,1-4H3,(H2,49,50,54)/b12-9-,13-10-. The van der Waals surface area contributed by atoms with Gasteiger partial charge in [0.25, 0.3) is 0 Å². The summed E-state index contributed by atoms with van der Waals surface area (Å²) in [5.41, 5.74) is 0. The van der Waals surface area contributed by atoms with Gasteiger partial charge in [0.2, 0.25) is 0 Å². The van der Waals surface area contributed by atoms with Gasteiger partial charge in [-0.25, -0.2) is 4.79 Å². The van der Waals surface area contributed by atoms with Gasteiger partial charge in [-0.3, -0.25) is 9.59 Å². The lowest BCUT2D eigenvalue weighted by Crippen LogP contribution is -2.35. The van der Waals surface area contributed by atoms with Crippen LogP contribution in [0.15, 0.2) is 24.3 Å². The molecule has 0 radical (unpaired) electrons. The van der Waals surface area contributed by atoms with Gasteiger partial charge in [0.15, 0.2) is 6.29 Å². The molecule has 0 saturated heterocycles. The Bertz CT molecular complexity index is 953. The molecule has 10 nitrogen and oxygen atoms in total. The number of urea groups is 1. The zero-order chi connectivity index (χ0) is 42.4. The molecule has 0 unspecified atom stereocenters. The van der Waals surface area contributed by atoms with Gasteiger partial charge in [0, 0.05) is 39.6 Å². The van der Waals surface area contributed by atoms with Crippen molar-refractivity contribution >= 4 is 18.0 Å². The molecule has 0 fully saturated rings. The molecule has 0 heterocycles. The Hall–Kier alpha value is -2.43. The number of hydrogen-bond donors (Lipinski definition) is 2. The average Bonchev–Trinajstić information content (AvgIpc) is 3.22. The molecule has 0 aliphatic carbocycles. The van der Waals surface area contributed by atoms with Crippen LogP contribution in [-0.2, 0) is 28.5 Å². The van der Waals surface area contributed by atoms with Crippen molar-refractivity contribution in [1.29, 1.82) is 0 Å². The first-order valence-corrected chi connectivity index (χ1v) is 24.0. The second-order valence-electron chi connectivity index (χ2n) is 15.7. The van der Waals surface area contributed by atoms with Crippen molar-refractivity contribution in [1.82, 2.24) is 15.5 Å². The van der Waals surface area contributed by atoms with Crippen molar-refractivity contribution in [2.24, 2.45) is 0 Å². The fraction of sp³-hybridized carbons (Fsp3) is 0.854. The quantitative estimate of drug-likeness (QED) is 0.0270. The molecule has 0 aromatic heterocycles. The zero-order valence-electron chi connectivity index (χ0n) is 38.1. The molecule has 0 saturated carbocycles. The maximum atomic E-state index is 12.6. The fourth-order valence-corrected chi connectivity index (χ4v) is 6.61. The van der Waals surface area contributed by atoms with E-state index in [1.807, 2.05) is 0 Å². The van der Waals surface area contributed by atoms with E-state index in [1.54, 1.807) is 7.05 Å². The molecule has 58 heavy (non-hydrogen) atoms. The van der Waals surface area contributed by atoms with Crippen molar-refractivity contribution < 1.29 is 33.3 Å². The number of nitrogens with zero attached hydrogens (tertiary/aromatic N) is 1. The van der Waals surface area contributed by atoms with E-state index in [0.717, 1.165) is 148 Å². The smallest absolute Gasteiger partial charge is 0.314 e. The molecule has 0 aliphatic rings. The molecule has 10 heteroatoms. The Morgan fingerprint density at radius 3 is 1.52 bits per heavy atom. The molecule has 340 valence electrons. The highest BCUT2D eigenvalue weighted by Gasteiger charge is 2.14. The van der Waals surface area contributed by atoms with Crippen LogP contribution in [0.3, 0.4) is 0 Å². The average molecular weight is 822 g/mol. The second kappa shape index (κ2) is 45.7. The maximum absolute atomic E-state index is 12.6. The molecule has 0 aliphatic heterocycles. The van der Waals surface area contributed by atoms with E-state index in [1.165, 1.54) is 32.1 Å². The highest BCUT2D eigenvalue weighted by atomic mass is 16.7. The van der Waals surface area contributed by atoms with Gasteiger partial charge < -0.3 is 34.5 Å². The van der Waals surface area contributed by atoms with Crippen LogP contribution in [0.5, 0.6) is 0 Å². The number of carbonyl (C=O) groups excluding carboxylic acids is 3. The van der Waals surface area contributed by atoms with E-state index in [9.17, 15) is 14.4 Å². The van der Waals surface area contributed by atoms with E-state index < -0.39 is 0 Å². The minimum absolute atomic E-state index is 0.0466. The first kappa shape index (κ1) is 55.6. The van der Waals surface area contributed by atoms with Gasteiger partial charge in [-0.05, 0) is 110 Å². The molecule has 0 rings (SSSR count). The van der Waals surface area contributed by atoms with Crippen molar-refractivity contribution in [2.45, 2.75) is 207 Å². The Morgan fingerprint density at radius 2 is 0.983 bits per heavy atom. The summed E-state index contributed by atoms with van der Waals surface area (Å²) in [5, 5.41) is 5.51. The van der Waals surface area contributed by atoms with Crippen molar-refractivity contribution in [3.8, 4) is 0 Å². The molecule has 0 aromatic carbocycles. The monoisotopic (exact) mass is 822 g/mol. The summed E-state index contributed by atoms with van der Waals surface area (Å²) in [6.07, 6.45) is 37.2. The Labute approximate surface area is 356 Å². The zero-order valence-corrected chi connectivity index (χ0v) is 38.1. The highest BCUT2D eigenvalue weighted by Crippen LogP contribution is 2.13. The van der Waals surface area contributed by atoms with Crippen LogP contribution in [0, 0.1) is 0 Å². The third kappa shape index (κ3) is 41.7. The number of ether oxygens (including phenoxy) is 4. The van der Waals surface area contributed by atoms with Crippen LogP contribution in [-0.4, -0.2) is 88.8 Å². The van der Waals surface area contributed by atoms with E-state index in [2.05, 4.69) is 60.6 Å². The summed E-state index contributed by atoms with van der Waals surface area (Å²) in [4.78, 5) is 38.7. The van der Waals surface area contributed by atoms with E-state index in [0.29, 0.717) is 52.2 Å². The number of amides is 2. The van der Waals surface area contributed by atoms with Crippen LogP contribution < -0.4 is 10.6 Å². The molecule has 0 bridgehead atoms. The van der Waals surface area contributed by atoms with Gasteiger partial charge in [0.1, 0.15) is 0 Å². The molecule has 0 aromatic rings. The number of hydrogen-bond acceptors (Lipinski definition) is 8. The van der Waals surface area contributed by atoms with E-state index in [4.69, 9.17) is 18.9 Å². The molecule has 0 spiro atoms. The predicted molar refractivity (Wildman–Crippen MR) is 241 cm³/mol. The predicted octanol–water partition coefficient (Wildman–Crippen LogP) is 11.8. The van der Waals surface area contributed by atoms with Crippen LogP contribution in [0.4, 0.5) is 4.79 Å². The summed E-state index contributed by atoms with van der Waals surface area (Å²) in [6.45, 7) is 12.5. The first-order chi connectivity index (χ1) is 28.5. The van der Waals surface area contributed by atoms with Crippen LogP contribution >= 0.6 is 0 Å². The van der Waals surface area contributed by atoms with E-state index >= 15 is 0 Å². The largest absolute Gasteiger partial charge is 0.466 e. The van der Waals surface area contributed by atoms with Gasteiger partial charge in [-0.2, -0.15) is 0 Å². The third-order valence-corrected chi connectivity index (χ3v) is 10.2. The van der Waals surface area contributed by atoms with Gasteiger partial charge in [-0.15, -0.1) is 0 Å². The number of esters is 2. The lowest BCUT2D eigenvalue weighted by Gasteiger charge is -2.22. The number of nitrogens with one attached hydrogen (secondary N) is 2. The summed E-state index contributed by atoms with van der Waals surface area (Å²) in [7, 11) is 1.64. The number of allylic oxidation sites excluding steroid dienone is 4. The summed E-state index contributed by atoms with van der Waals surface area (Å²) in [6, 6.07) is -0.140. The molecular formula is C48H91N3O7. The first-order valence-electron chi connectivity index (χ1n) is 24.0. The van der Waals surface area contributed by atoms with E-state index in [-0.39, 0.29) is 24.3 Å². The fourth-order valence-electron chi connectivity index (χ4n) is 6.61. The van der Waals surface area contributed by atoms with Crippen molar-refractivity contribution in [2.75, 3.05) is 59.7 Å². The SMILES string of the molecule is CC/C=C\CCCCOC(CCC(=O)OCCCCCCN(CCCCCCCC(=O)OCCCCCCCCC)CCCNC(=O)NC)OCCCC/C=C\CC. The number of unbranched alkanes of at least 4 members (excludes halogenated alkanes) is 17. The van der Waals surface area contributed by atoms with Gasteiger partial charge >= 0.3 is 18.0 Å². The topological polar surface area (TPSA) is 115 Å². The molecular weight excluding hydrogens is 731 g/mol. The minimum Gasteiger partial charge on any atom is -0.466 e. The van der Waals surface area contributed by atoms with Crippen LogP contribution in [0.2, 0.25) is 0 Å². The Morgan fingerprint density at radius 1 is 0.517 bits per heavy atom.